The third kappa shape index (κ3) is 4.59. The Labute approximate surface area is 177 Å². The molecule has 3 heterocycles. The zero-order valence-corrected chi connectivity index (χ0v) is 17.7. The summed E-state index contributed by atoms with van der Waals surface area (Å²) in [4.78, 5) is 32.9. The highest BCUT2D eigenvalue weighted by molar-refractivity contribution is 5.97. The number of hydrogen-bond donors (Lipinski definition) is 2. The number of benzene rings is 1. The molecule has 1 aromatic carbocycles. The van der Waals surface area contributed by atoms with Crippen LogP contribution in [0.25, 0.3) is 0 Å². The van der Waals surface area contributed by atoms with Gasteiger partial charge in [0.15, 0.2) is 5.96 Å². The standard InChI is InChI=1S/C22H31N5O3/c1-2-23-21(27-10-7-22(15-27)8-12-30-16-22)25-13-17-3-5-18(6-4-17)20(29)26-11-9-24-19(28)14-26/h3-6H,2,7-16H2,1H3,(H,23,25)(H,24,28). The van der Waals surface area contributed by atoms with Gasteiger partial charge >= 0.3 is 0 Å². The lowest BCUT2D eigenvalue weighted by molar-refractivity contribution is -0.123. The van der Waals surface area contributed by atoms with Gasteiger partial charge in [0.1, 0.15) is 0 Å². The van der Waals surface area contributed by atoms with Crippen LogP contribution in [-0.4, -0.2) is 80.1 Å². The van der Waals surface area contributed by atoms with Crippen LogP contribution in [0.2, 0.25) is 0 Å². The highest BCUT2D eigenvalue weighted by atomic mass is 16.5. The van der Waals surface area contributed by atoms with Crippen molar-refractivity contribution < 1.29 is 14.3 Å². The molecule has 162 valence electrons. The number of aliphatic imine (C=N–C) groups is 1. The second-order valence-corrected chi connectivity index (χ2v) is 8.42. The van der Waals surface area contributed by atoms with Crippen LogP contribution < -0.4 is 10.6 Å². The third-order valence-electron chi connectivity index (χ3n) is 6.20. The van der Waals surface area contributed by atoms with E-state index in [2.05, 4.69) is 22.5 Å². The van der Waals surface area contributed by atoms with E-state index in [0.717, 1.165) is 57.2 Å². The average Bonchev–Trinajstić information content (AvgIpc) is 3.41. The molecule has 0 radical (unpaired) electrons. The minimum Gasteiger partial charge on any atom is -0.381 e. The number of rotatable bonds is 4. The van der Waals surface area contributed by atoms with Crippen molar-refractivity contribution in [1.29, 1.82) is 0 Å². The molecule has 0 bridgehead atoms. The molecule has 30 heavy (non-hydrogen) atoms. The molecule has 3 aliphatic heterocycles. The molecule has 3 fully saturated rings. The zero-order chi connectivity index (χ0) is 21.0. The molecule has 4 rings (SSSR count). The van der Waals surface area contributed by atoms with Gasteiger partial charge in [0, 0.05) is 50.3 Å². The van der Waals surface area contributed by atoms with Crippen molar-refractivity contribution in [3.05, 3.63) is 35.4 Å². The molecule has 0 saturated carbocycles. The number of ether oxygens (including phenoxy) is 1. The van der Waals surface area contributed by atoms with E-state index in [1.54, 1.807) is 4.90 Å². The topological polar surface area (TPSA) is 86.3 Å². The first kappa shape index (κ1) is 20.7. The second kappa shape index (κ2) is 9.04. The van der Waals surface area contributed by atoms with E-state index in [9.17, 15) is 9.59 Å². The van der Waals surface area contributed by atoms with Crippen LogP contribution >= 0.6 is 0 Å². The number of carbonyl (C=O) groups excluding carboxylic acids is 2. The van der Waals surface area contributed by atoms with Crippen LogP contribution in [0.3, 0.4) is 0 Å². The Kier molecular flexibility index (Phi) is 6.22. The summed E-state index contributed by atoms with van der Waals surface area (Å²) < 4.78 is 5.64. The van der Waals surface area contributed by atoms with Crippen molar-refractivity contribution in [3.8, 4) is 0 Å². The number of amides is 2. The Balaban J connectivity index is 1.38. The van der Waals surface area contributed by atoms with Gasteiger partial charge in [-0.2, -0.15) is 0 Å². The number of piperazine rings is 1. The summed E-state index contributed by atoms with van der Waals surface area (Å²) in [6.45, 7) is 8.38. The van der Waals surface area contributed by atoms with Crippen LogP contribution in [0.1, 0.15) is 35.7 Å². The molecule has 0 aromatic heterocycles. The van der Waals surface area contributed by atoms with Crippen molar-refractivity contribution >= 4 is 17.8 Å². The van der Waals surface area contributed by atoms with Crippen LogP contribution in [0.15, 0.2) is 29.3 Å². The fraction of sp³-hybridized carbons (Fsp3) is 0.591. The van der Waals surface area contributed by atoms with Crippen molar-refractivity contribution in [2.45, 2.75) is 26.3 Å². The molecule has 1 atom stereocenters. The summed E-state index contributed by atoms with van der Waals surface area (Å²) in [6, 6.07) is 7.54. The predicted octanol–water partition coefficient (Wildman–Crippen LogP) is 0.837. The molecule has 0 aliphatic carbocycles. The monoisotopic (exact) mass is 413 g/mol. The van der Waals surface area contributed by atoms with E-state index in [0.29, 0.717) is 30.6 Å². The molecule has 8 nitrogen and oxygen atoms in total. The largest absolute Gasteiger partial charge is 0.381 e. The van der Waals surface area contributed by atoms with Crippen molar-refractivity contribution in [1.82, 2.24) is 20.4 Å². The first-order valence-electron chi connectivity index (χ1n) is 10.8. The normalized spacial score (nSPS) is 24.4. The summed E-state index contributed by atoms with van der Waals surface area (Å²) in [6.07, 6.45) is 2.29. The van der Waals surface area contributed by atoms with Gasteiger partial charge in [0.25, 0.3) is 5.91 Å². The number of guanidine groups is 1. The number of carbonyl (C=O) groups is 2. The molecule has 8 heteroatoms. The molecule has 1 aromatic rings. The van der Waals surface area contributed by atoms with Gasteiger partial charge in [-0.25, -0.2) is 4.99 Å². The Morgan fingerprint density at radius 3 is 2.77 bits per heavy atom. The molecule has 1 spiro atoms. The van der Waals surface area contributed by atoms with Gasteiger partial charge < -0.3 is 25.2 Å². The Bertz CT molecular complexity index is 801. The van der Waals surface area contributed by atoms with Crippen LogP contribution in [0.5, 0.6) is 0 Å². The van der Waals surface area contributed by atoms with Gasteiger partial charge in [-0.1, -0.05) is 12.1 Å². The Hall–Kier alpha value is -2.61. The van der Waals surface area contributed by atoms with Gasteiger partial charge in [-0.15, -0.1) is 0 Å². The molecular weight excluding hydrogens is 382 g/mol. The van der Waals surface area contributed by atoms with Crippen molar-refractivity contribution in [2.75, 3.05) is 52.5 Å². The average molecular weight is 414 g/mol. The van der Waals surface area contributed by atoms with E-state index in [1.807, 2.05) is 24.3 Å². The van der Waals surface area contributed by atoms with Crippen molar-refractivity contribution in [2.24, 2.45) is 10.4 Å². The third-order valence-corrected chi connectivity index (χ3v) is 6.20. The SMILES string of the molecule is CCNC(=NCc1ccc(C(=O)N2CCNC(=O)C2)cc1)N1CCC2(CCOC2)C1. The number of nitrogens with zero attached hydrogens (tertiary/aromatic N) is 3. The summed E-state index contributed by atoms with van der Waals surface area (Å²) in [5.74, 6) is 0.736. The quantitative estimate of drug-likeness (QED) is 0.564. The van der Waals surface area contributed by atoms with Crippen LogP contribution in [0, 0.1) is 5.41 Å². The number of hydrogen-bond acceptors (Lipinski definition) is 4. The van der Waals surface area contributed by atoms with E-state index >= 15 is 0 Å². The summed E-state index contributed by atoms with van der Waals surface area (Å²) in [7, 11) is 0. The van der Waals surface area contributed by atoms with E-state index in [-0.39, 0.29) is 18.4 Å². The van der Waals surface area contributed by atoms with E-state index in [1.165, 1.54) is 0 Å². The minimum absolute atomic E-state index is 0.102. The molecule has 1 unspecified atom stereocenters. The molecular formula is C22H31N5O3. The van der Waals surface area contributed by atoms with Crippen LogP contribution in [0.4, 0.5) is 0 Å². The summed E-state index contributed by atoms with van der Waals surface area (Å²) in [5, 5.41) is 6.15. The Morgan fingerprint density at radius 1 is 1.23 bits per heavy atom. The summed E-state index contributed by atoms with van der Waals surface area (Å²) in [5.41, 5.74) is 1.95. The molecule has 3 aliphatic rings. The lowest BCUT2D eigenvalue weighted by atomic mass is 9.87. The zero-order valence-electron chi connectivity index (χ0n) is 17.7. The maximum atomic E-state index is 12.6. The smallest absolute Gasteiger partial charge is 0.254 e. The van der Waals surface area contributed by atoms with Crippen molar-refractivity contribution in [3.63, 3.8) is 0 Å². The second-order valence-electron chi connectivity index (χ2n) is 8.42. The van der Waals surface area contributed by atoms with Gasteiger partial charge in [-0.3, -0.25) is 9.59 Å². The first-order chi connectivity index (χ1) is 14.6. The maximum absolute atomic E-state index is 12.6. The minimum atomic E-state index is -0.107. The first-order valence-corrected chi connectivity index (χ1v) is 10.8. The van der Waals surface area contributed by atoms with Gasteiger partial charge in [0.05, 0.1) is 19.7 Å². The fourth-order valence-electron chi connectivity index (χ4n) is 4.43. The lowest BCUT2D eigenvalue weighted by Crippen LogP contribution is -2.49. The Morgan fingerprint density at radius 2 is 2.07 bits per heavy atom. The lowest BCUT2D eigenvalue weighted by Gasteiger charge is -2.26. The van der Waals surface area contributed by atoms with Crippen LogP contribution in [-0.2, 0) is 16.1 Å². The molecule has 2 N–H and O–H groups in total. The molecule has 3 saturated heterocycles. The van der Waals surface area contributed by atoms with E-state index in [4.69, 9.17) is 9.73 Å². The molecule has 2 amide bonds. The highest BCUT2D eigenvalue weighted by Gasteiger charge is 2.42. The summed E-state index contributed by atoms with van der Waals surface area (Å²) >= 11 is 0. The van der Waals surface area contributed by atoms with Gasteiger partial charge in [-0.05, 0) is 37.5 Å². The van der Waals surface area contributed by atoms with E-state index < -0.39 is 0 Å². The fourth-order valence-corrected chi connectivity index (χ4v) is 4.43. The number of nitrogens with one attached hydrogen (secondary N) is 2. The predicted molar refractivity (Wildman–Crippen MR) is 114 cm³/mol. The maximum Gasteiger partial charge on any atom is 0.254 e. The number of likely N-dealkylation sites (tertiary alicyclic amines) is 1. The van der Waals surface area contributed by atoms with Gasteiger partial charge in [0.2, 0.25) is 5.91 Å². The highest BCUT2D eigenvalue weighted by Crippen LogP contribution is 2.38.